The third kappa shape index (κ3) is 10.1. The normalized spacial score (nSPS) is 19.2. The minimum absolute atomic E-state index is 0.159. The second-order valence-electron chi connectivity index (χ2n) is 17.8. The van der Waals surface area contributed by atoms with Gasteiger partial charge in [-0.25, -0.2) is 9.97 Å². The predicted molar refractivity (Wildman–Crippen MR) is 248 cm³/mol. The number of rotatable bonds is 19. The zero-order valence-corrected chi connectivity index (χ0v) is 36.7. The summed E-state index contributed by atoms with van der Waals surface area (Å²) in [5.74, 6) is 2.35. The highest BCUT2D eigenvalue weighted by Gasteiger charge is 2.34. The molecular formula is C52H62N8O2. The molecule has 62 heavy (non-hydrogen) atoms. The van der Waals surface area contributed by atoms with Crippen molar-refractivity contribution in [3.05, 3.63) is 144 Å². The Morgan fingerprint density at radius 1 is 0.581 bits per heavy atom. The molecule has 4 unspecified atom stereocenters. The van der Waals surface area contributed by atoms with Crippen molar-refractivity contribution < 1.29 is 9.59 Å². The van der Waals surface area contributed by atoms with Crippen LogP contribution in [0.15, 0.2) is 122 Å². The van der Waals surface area contributed by atoms with E-state index in [-0.39, 0.29) is 36.0 Å². The summed E-state index contributed by atoms with van der Waals surface area (Å²) in [6.45, 7) is 9.57. The molecule has 2 aliphatic heterocycles. The van der Waals surface area contributed by atoms with E-state index in [1.807, 2.05) is 62.9 Å². The molecule has 0 bridgehead atoms. The molecule has 0 saturated carbocycles. The topological polar surface area (TPSA) is 104 Å². The summed E-state index contributed by atoms with van der Waals surface area (Å²) in [5.41, 5.74) is 8.97. The van der Waals surface area contributed by atoms with Crippen molar-refractivity contribution >= 4 is 12.6 Å². The van der Waals surface area contributed by atoms with E-state index in [0.29, 0.717) is 0 Å². The zero-order chi connectivity index (χ0) is 43.0. The molecule has 0 aliphatic carbocycles. The molecule has 4 heterocycles. The Balaban J connectivity index is 0.860. The number of carbonyl (C=O) groups excluding carboxylic acids is 2. The lowest BCUT2D eigenvalue weighted by molar-refractivity contribution is -0.114. The van der Waals surface area contributed by atoms with Gasteiger partial charge in [0.2, 0.25) is 0 Å². The number of benzene rings is 4. The average Bonchev–Trinajstić information content (AvgIpc) is 4.14. The molecule has 2 fully saturated rings. The number of carbonyl (C=O) groups is 2. The van der Waals surface area contributed by atoms with Gasteiger partial charge in [-0.05, 0) is 98.1 Å². The molecule has 322 valence electrons. The molecule has 6 atom stereocenters. The molecule has 0 radical (unpaired) electrons. The number of nitrogens with one attached hydrogen (secondary N) is 2. The molecule has 10 nitrogen and oxygen atoms in total. The Morgan fingerprint density at radius 3 is 1.32 bits per heavy atom. The minimum Gasteiger partial charge on any atom is -0.341 e. The van der Waals surface area contributed by atoms with Crippen molar-refractivity contribution in [1.29, 1.82) is 0 Å². The smallest absolute Gasteiger partial charge is 0.137 e. The molecule has 6 aromatic rings. The Bertz CT molecular complexity index is 2160. The number of likely N-dealkylation sites (tertiary alicyclic amines) is 2. The summed E-state index contributed by atoms with van der Waals surface area (Å²) >= 11 is 0. The van der Waals surface area contributed by atoms with E-state index in [2.05, 4.69) is 116 Å². The lowest BCUT2D eigenvalue weighted by Gasteiger charge is -2.33. The Kier molecular flexibility index (Phi) is 14.0. The third-order valence-corrected chi connectivity index (χ3v) is 13.3. The van der Waals surface area contributed by atoms with E-state index < -0.39 is 0 Å². The molecular weight excluding hydrogens is 769 g/mol. The van der Waals surface area contributed by atoms with Gasteiger partial charge >= 0.3 is 0 Å². The molecule has 10 heteroatoms. The van der Waals surface area contributed by atoms with Crippen LogP contribution in [0.5, 0.6) is 0 Å². The second-order valence-corrected chi connectivity index (χ2v) is 17.8. The number of hydrogen-bond donors (Lipinski definition) is 2. The van der Waals surface area contributed by atoms with Crippen LogP contribution in [-0.2, 0) is 22.7 Å². The summed E-state index contributed by atoms with van der Waals surface area (Å²) in [4.78, 5) is 51.0. The van der Waals surface area contributed by atoms with Crippen LogP contribution < -0.4 is 0 Å². The average molecular weight is 831 g/mol. The van der Waals surface area contributed by atoms with Gasteiger partial charge in [-0.3, -0.25) is 19.6 Å². The van der Waals surface area contributed by atoms with Gasteiger partial charge in [0.15, 0.2) is 0 Å². The maximum atomic E-state index is 12.3. The number of aromatic amines is 2. The SMILES string of the molecule is CC(CN1CCC[C@H]1c1ncc(-c2ccc(-c3ccc(-c4cnc([C@@H]5CCCN5CC(C)C(C=O)N(C)Cc5ccccc5)[nH]4)cc3)cc2)[nH]1)C(C=O)N(C)Cc1ccccc1. The highest BCUT2D eigenvalue weighted by atomic mass is 16.1. The first-order chi connectivity index (χ1) is 30.3. The van der Waals surface area contributed by atoms with Crippen molar-refractivity contribution in [3.63, 3.8) is 0 Å². The predicted octanol–water partition coefficient (Wildman–Crippen LogP) is 9.08. The van der Waals surface area contributed by atoms with Crippen molar-refractivity contribution in [2.24, 2.45) is 11.8 Å². The number of imidazole rings is 2. The van der Waals surface area contributed by atoms with Crippen LogP contribution in [0.3, 0.4) is 0 Å². The first-order valence-electron chi connectivity index (χ1n) is 22.5. The lowest BCUT2D eigenvalue weighted by Crippen LogP contribution is -2.43. The fourth-order valence-electron chi connectivity index (χ4n) is 9.95. The molecule has 4 aromatic carbocycles. The summed E-state index contributed by atoms with van der Waals surface area (Å²) < 4.78 is 0. The van der Waals surface area contributed by atoms with Gasteiger partial charge < -0.3 is 19.6 Å². The monoisotopic (exact) mass is 830 g/mol. The quantitative estimate of drug-likeness (QED) is 0.0780. The highest BCUT2D eigenvalue weighted by Crippen LogP contribution is 2.35. The van der Waals surface area contributed by atoms with E-state index in [1.165, 1.54) is 11.1 Å². The second kappa shape index (κ2) is 20.1. The minimum atomic E-state index is -0.159. The molecule has 2 aromatic heterocycles. The summed E-state index contributed by atoms with van der Waals surface area (Å²) in [6, 6.07) is 38.2. The van der Waals surface area contributed by atoms with Crippen molar-refractivity contribution in [2.75, 3.05) is 40.3 Å². The van der Waals surface area contributed by atoms with E-state index >= 15 is 0 Å². The summed E-state index contributed by atoms with van der Waals surface area (Å²) in [7, 11) is 4.10. The van der Waals surface area contributed by atoms with Gasteiger partial charge in [-0.2, -0.15) is 0 Å². The molecule has 2 aliphatic rings. The van der Waals surface area contributed by atoms with Crippen LogP contribution >= 0.6 is 0 Å². The largest absolute Gasteiger partial charge is 0.341 e. The zero-order valence-electron chi connectivity index (χ0n) is 36.7. The number of hydrogen-bond acceptors (Lipinski definition) is 8. The third-order valence-electron chi connectivity index (χ3n) is 13.3. The van der Waals surface area contributed by atoms with Crippen molar-refractivity contribution in [1.82, 2.24) is 39.5 Å². The number of H-pyrrole nitrogens is 2. The van der Waals surface area contributed by atoms with Gasteiger partial charge in [-0.15, -0.1) is 0 Å². The maximum Gasteiger partial charge on any atom is 0.137 e. The molecule has 2 N–H and O–H groups in total. The van der Waals surface area contributed by atoms with Gasteiger partial charge in [0.1, 0.15) is 24.2 Å². The number of aromatic nitrogens is 4. The first-order valence-corrected chi connectivity index (χ1v) is 22.5. The Hall–Kier alpha value is -5.52. The number of likely N-dealkylation sites (N-methyl/N-ethyl adjacent to an activating group) is 2. The number of aldehydes is 2. The fraction of sp³-hybridized carbons (Fsp3) is 0.385. The van der Waals surface area contributed by atoms with Crippen LogP contribution in [0.4, 0.5) is 0 Å². The standard InChI is InChI=1S/C52H62N8O2/c1-37(49(35-61)57(3)33-39-13-7-5-8-14-39)31-59-27-11-17-47(59)51-53-29-45(55-51)43-23-19-41(20-24-43)42-21-25-44(26-22-42)46-30-54-52(56-46)48-18-12-28-60(48)32-38(2)50(36-62)58(4)34-40-15-9-6-10-16-40/h5-10,13-16,19-26,29-30,35-38,47-50H,11-12,17-18,27-28,31-34H2,1-4H3,(H,53,55)(H,54,56)/t37?,38?,47-,48-,49?,50?/m0/s1. The lowest BCUT2D eigenvalue weighted by atomic mass is 10.00. The maximum absolute atomic E-state index is 12.3. The van der Waals surface area contributed by atoms with Gasteiger partial charge in [-0.1, -0.05) is 123 Å². The van der Waals surface area contributed by atoms with Gasteiger partial charge in [0, 0.05) is 26.2 Å². The van der Waals surface area contributed by atoms with Crippen LogP contribution in [0.25, 0.3) is 33.6 Å². The Morgan fingerprint density at radius 2 is 0.952 bits per heavy atom. The van der Waals surface area contributed by atoms with Crippen molar-refractivity contribution in [2.45, 2.75) is 76.8 Å². The van der Waals surface area contributed by atoms with Crippen LogP contribution in [0.1, 0.15) is 74.4 Å². The van der Waals surface area contributed by atoms with E-state index in [1.54, 1.807) is 0 Å². The molecule has 0 spiro atoms. The van der Waals surface area contributed by atoms with E-state index in [4.69, 9.17) is 9.97 Å². The summed E-state index contributed by atoms with van der Waals surface area (Å²) in [5, 5.41) is 0. The first kappa shape index (κ1) is 43.1. The van der Waals surface area contributed by atoms with Crippen LogP contribution in [0, 0.1) is 11.8 Å². The summed E-state index contributed by atoms with van der Waals surface area (Å²) in [6.07, 6.45) is 10.5. The Labute approximate surface area is 367 Å². The van der Waals surface area contributed by atoms with Crippen molar-refractivity contribution in [3.8, 4) is 33.6 Å². The van der Waals surface area contributed by atoms with E-state index in [9.17, 15) is 9.59 Å². The van der Waals surface area contributed by atoms with E-state index in [0.717, 1.165) is 123 Å². The highest BCUT2D eigenvalue weighted by molar-refractivity contribution is 5.71. The van der Waals surface area contributed by atoms with Gasteiger partial charge in [0.05, 0.1) is 47.9 Å². The molecule has 2 saturated heterocycles. The van der Waals surface area contributed by atoms with Gasteiger partial charge in [0.25, 0.3) is 0 Å². The fourth-order valence-corrected chi connectivity index (χ4v) is 9.95. The molecule has 8 rings (SSSR count). The van der Waals surface area contributed by atoms with Crippen LogP contribution in [0.2, 0.25) is 0 Å². The molecule has 0 amide bonds. The van der Waals surface area contributed by atoms with Crippen LogP contribution in [-0.4, -0.2) is 104 Å². The number of nitrogens with zero attached hydrogens (tertiary/aromatic N) is 6.